The summed E-state index contributed by atoms with van der Waals surface area (Å²) in [5.74, 6) is 0.151. The second kappa shape index (κ2) is 11.8. The molecule has 0 radical (unpaired) electrons. The van der Waals surface area contributed by atoms with Gasteiger partial charge in [-0.2, -0.15) is 5.26 Å². The standard InChI is InChI=1S/C26H23BrClN8O3/c1-36(2,14-16-8-19(12-29)34-26(16)35(38)39)7-3-4-20(37)9-18-10-21-24(13-30-18)31-15-32-25(21)33-17-5-6-22(27)23(28)11-17/h3-6,10-11,13,15H,7-9,14H2,1-2H3,(H,31,32,33)/q+1/b4-3+. The van der Waals surface area contributed by atoms with Gasteiger partial charge in [0.15, 0.2) is 5.78 Å². The topological polar surface area (TPSA) is 147 Å². The zero-order chi connectivity index (χ0) is 28.2. The van der Waals surface area contributed by atoms with Gasteiger partial charge >= 0.3 is 5.82 Å². The van der Waals surface area contributed by atoms with Gasteiger partial charge in [0.2, 0.25) is 5.71 Å². The summed E-state index contributed by atoms with van der Waals surface area (Å²) in [6, 6.07) is 9.13. The fraction of sp³-hybridized carbons (Fsp3) is 0.231. The van der Waals surface area contributed by atoms with E-state index in [1.807, 2.05) is 32.3 Å². The van der Waals surface area contributed by atoms with Gasteiger partial charge in [-0.25, -0.2) is 9.97 Å². The number of pyridine rings is 1. The van der Waals surface area contributed by atoms with E-state index in [1.54, 1.807) is 24.4 Å². The number of nitrogens with zero attached hydrogens (tertiary/aromatic N) is 7. The lowest BCUT2D eigenvalue weighted by molar-refractivity contribution is -0.880. The number of carbonyl (C=O) groups excluding carboxylic acids is 1. The third kappa shape index (κ3) is 7.08. The van der Waals surface area contributed by atoms with Crippen LogP contribution in [-0.2, 0) is 11.2 Å². The van der Waals surface area contributed by atoms with E-state index in [-0.39, 0.29) is 30.2 Å². The van der Waals surface area contributed by atoms with E-state index in [2.05, 4.69) is 41.2 Å². The molecule has 0 spiro atoms. The number of likely N-dealkylation sites (N-methyl/N-ethyl adjacent to an activating group) is 1. The van der Waals surface area contributed by atoms with E-state index in [4.69, 9.17) is 16.9 Å². The van der Waals surface area contributed by atoms with Gasteiger partial charge < -0.3 is 19.9 Å². The first-order chi connectivity index (χ1) is 18.5. The average Bonchev–Trinajstić information content (AvgIpc) is 3.29. The van der Waals surface area contributed by atoms with Crippen molar-refractivity contribution in [1.29, 1.82) is 5.26 Å². The van der Waals surface area contributed by atoms with Crippen LogP contribution in [0, 0.1) is 21.4 Å². The molecule has 1 aliphatic rings. The van der Waals surface area contributed by atoms with Crippen molar-refractivity contribution in [3.05, 3.63) is 85.6 Å². The summed E-state index contributed by atoms with van der Waals surface area (Å²) in [6.45, 7) is 0.778. The number of aromatic nitrogens is 3. The van der Waals surface area contributed by atoms with Gasteiger partial charge in [-0.3, -0.25) is 9.78 Å². The van der Waals surface area contributed by atoms with E-state index < -0.39 is 4.92 Å². The van der Waals surface area contributed by atoms with E-state index in [0.717, 1.165) is 10.2 Å². The first-order valence-electron chi connectivity index (χ1n) is 11.7. The van der Waals surface area contributed by atoms with Crippen LogP contribution < -0.4 is 5.32 Å². The van der Waals surface area contributed by atoms with Crippen LogP contribution in [0.5, 0.6) is 0 Å². The number of hydrogen-bond donors (Lipinski definition) is 1. The molecule has 0 aliphatic carbocycles. The van der Waals surface area contributed by atoms with Crippen molar-refractivity contribution < 1.29 is 14.2 Å². The Labute approximate surface area is 237 Å². The molecule has 1 N–H and O–H groups in total. The third-order valence-corrected chi connectivity index (χ3v) is 7.11. The number of benzene rings is 1. The summed E-state index contributed by atoms with van der Waals surface area (Å²) >= 11 is 9.58. The molecule has 39 heavy (non-hydrogen) atoms. The number of nitriles is 1. The summed E-state index contributed by atoms with van der Waals surface area (Å²) in [5.41, 5.74) is 2.56. The van der Waals surface area contributed by atoms with Gasteiger partial charge in [-0.05, 0) is 62.3 Å². The second-order valence-electron chi connectivity index (χ2n) is 9.52. The van der Waals surface area contributed by atoms with Crippen molar-refractivity contribution in [3.8, 4) is 6.07 Å². The molecular weight excluding hydrogens is 588 g/mol. The summed E-state index contributed by atoms with van der Waals surface area (Å²) in [6.07, 6.45) is 6.51. The Bertz CT molecular complexity index is 1610. The summed E-state index contributed by atoms with van der Waals surface area (Å²) in [5, 5.41) is 24.9. The number of anilines is 2. The Balaban J connectivity index is 1.42. The van der Waals surface area contributed by atoms with Gasteiger partial charge in [0, 0.05) is 21.2 Å². The van der Waals surface area contributed by atoms with Gasteiger partial charge in [-0.1, -0.05) is 11.6 Å². The number of quaternary nitrogens is 1. The fourth-order valence-electron chi connectivity index (χ4n) is 4.09. The number of nitro groups is 1. The highest BCUT2D eigenvalue weighted by molar-refractivity contribution is 9.10. The molecule has 1 aromatic carbocycles. The monoisotopic (exact) mass is 609 g/mol. The predicted octanol–water partition coefficient (Wildman–Crippen LogP) is 4.79. The van der Waals surface area contributed by atoms with E-state index in [1.165, 1.54) is 12.4 Å². The van der Waals surface area contributed by atoms with Crippen LogP contribution in [0.1, 0.15) is 12.1 Å². The zero-order valence-electron chi connectivity index (χ0n) is 21.1. The lowest BCUT2D eigenvalue weighted by Gasteiger charge is -2.28. The highest BCUT2D eigenvalue weighted by atomic mass is 79.9. The summed E-state index contributed by atoms with van der Waals surface area (Å²) < 4.78 is 1.13. The minimum absolute atomic E-state index is 0.0777. The molecule has 2 aromatic heterocycles. The zero-order valence-corrected chi connectivity index (χ0v) is 23.4. The van der Waals surface area contributed by atoms with Crippen LogP contribution in [0.25, 0.3) is 10.9 Å². The van der Waals surface area contributed by atoms with Gasteiger partial charge in [-0.15, -0.1) is 0 Å². The molecule has 198 valence electrons. The summed E-state index contributed by atoms with van der Waals surface area (Å²) in [7, 11) is 3.78. The highest BCUT2D eigenvalue weighted by Gasteiger charge is 2.33. The molecule has 0 saturated carbocycles. The van der Waals surface area contributed by atoms with Crippen LogP contribution in [0.4, 0.5) is 11.5 Å². The predicted molar refractivity (Wildman–Crippen MR) is 151 cm³/mol. The normalized spacial score (nSPS) is 13.6. The molecule has 4 rings (SSSR count). The summed E-state index contributed by atoms with van der Waals surface area (Å²) in [4.78, 5) is 40.2. The van der Waals surface area contributed by atoms with E-state index in [9.17, 15) is 14.9 Å². The number of fused-ring (bicyclic) bond motifs is 1. The van der Waals surface area contributed by atoms with Gasteiger partial charge in [0.25, 0.3) is 0 Å². The molecule has 1 aliphatic heterocycles. The Kier molecular flexibility index (Phi) is 8.44. The van der Waals surface area contributed by atoms with Gasteiger partial charge in [0.05, 0.1) is 55.8 Å². The quantitative estimate of drug-likeness (QED) is 0.149. The minimum atomic E-state index is -0.560. The number of nitrogens with one attached hydrogen (secondary N) is 1. The van der Waals surface area contributed by atoms with Crippen LogP contribution in [0.2, 0.25) is 5.02 Å². The molecule has 0 fully saturated rings. The van der Waals surface area contributed by atoms with Crippen LogP contribution in [0.3, 0.4) is 0 Å². The number of aliphatic imine (C=N–C) groups is 1. The van der Waals surface area contributed by atoms with Crippen molar-refractivity contribution in [1.82, 2.24) is 15.0 Å². The van der Waals surface area contributed by atoms with Crippen molar-refractivity contribution >= 4 is 61.4 Å². The Morgan fingerprint density at radius 1 is 1.31 bits per heavy atom. The average molecular weight is 611 g/mol. The number of ketones is 1. The molecule has 0 amide bonds. The number of halogens is 2. The molecule has 3 aromatic rings. The van der Waals surface area contributed by atoms with Crippen molar-refractivity contribution in [2.45, 2.75) is 12.8 Å². The second-order valence-corrected chi connectivity index (χ2v) is 10.8. The molecule has 0 saturated heterocycles. The smallest absolute Gasteiger partial charge is 0.358 e. The number of rotatable bonds is 10. The number of hydrogen-bond acceptors (Lipinski definition) is 9. The maximum atomic E-state index is 12.7. The first-order valence-corrected chi connectivity index (χ1v) is 12.9. The molecule has 11 nitrogen and oxygen atoms in total. The van der Waals surface area contributed by atoms with E-state index >= 15 is 0 Å². The molecule has 3 heterocycles. The van der Waals surface area contributed by atoms with Crippen molar-refractivity contribution in [3.63, 3.8) is 0 Å². The third-order valence-electron chi connectivity index (χ3n) is 5.88. The molecule has 13 heteroatoms. The Morgan fingerprint density at radius 2 is 2.10 bits per heavy atom. The van der Waals surface area contributed by atoms with Crippen LogP contribution in [0.15, 0.2) is 69.8 Å². The van der Waals surface area contributed by atoms with Crippen molar-refractivity contribution in [2.75, 3.05) is 32.5 Å². The molecular formula is C26H23BrClN8O3+. The SMILES string of the molecule is C[N+](C)(C/C=C/C(=O)Cc1cc2c(Nc3ccc(Br)c(Cl)c3)ncnc2cn1)CC1=C([N+](=O)[O-])N=C(C#N)C1. The number of carbonyl (C=O) groups is 1. The Hall–Kier alpha value is -4.05. The van der Waals surface area contributed by atoms with Crippen LogP contribution >= 0.6 is 27.5 Å². The molecule has 0 unspecified atom stereocenters. The lowest BCUT2D eigenvalue weighted by atomic mass is 10.1. The molecule has 0 bridgehead atoms. The Morgan fingerprint density at radius 3 is 2.82 bits per heavy atom. The van der Waals surface area contributed by atoms with Crippen molar-refractivity contribution in [2.24, 2.45) is 4.99 Å². The highest BCUT2D eigenvalue weighted by Crippen LogP contribution is 2.29. The number of allylic oxidation sites excluding steroid dienone is 1. The molecule has 0 atom stereocenters. The van der Waals surface area contributed by atoms with Crippen LogP contribution in [-0.4, -0.2) is 63.0 Å². The van der Waals surface area contributed by atoms with E-state index in [0.29, 0.717) is 50.6 Å². The first kappa shape index (κ1) is 28.0. The fourth-order valence-corrected chi connectivity index (χ4v) is 4.51. The maximum Gasteiger partial charge on any atom is 0.369 e. The van der Waals surface area contributed by atoms with Gasteiger partial charge in [0.1, 0.15) is 24.8 Å². The minimum Gasteiger partial charge on any atom is -0.358 e. The largest absolute Gasteiger partial charge is 0.369 e. The lowest BCUT2D eigenvalue weighted by Crippen LogP contribution is -2.41. The maximum absolute atomic E-state index is 12.7.